The Morgan fingerprint density at radius 1 is 1.12 bits per heavy atom. The van der Waals surface area contributed by atoms with E-state index in [1.807, 2.05) is 23.1 Å². The molecule has 1 aliphatic carbocycles. The molecule has 0 bridgehead atoms. The number of ether oxygens (including phenoxy) is 1. The maximum Gasteiger partial charge on any atom is 0.317 e. The van der Waals surface area contributed by atoms with Crippen molar-refractivity contribution in [2.75, 3.05) is 13.1 Å². The molecule has 1 aliphatic heterocycles. The van der Waals surface area contributed by atoms with E-state index in [0.717, 1.165) is 32.4 Å². The van der Waals surface area contributed by atoms with Crippen molar-refractivity contribution in [3.63, 3.8) is 0 Å². The average molecular weight is 330 g/mol. The summed E-state index contributed by atoms with van der Waals surface area (Å²) in [5.74, 6) is 0.606. The van der Waals surface area contributed by atoms with Crippen LogP contribution < -0.4 is 5.32 Å². The lowest BCUT2D eigenvalue weighted by Gasteiger charge is -2.35. The van der Waals surface area contributed by atoms with E-state index in [1.54, 1.807) is 0 Å². The first-order valence-corrected chi connectivity index (χ1v) is 9.43. The summed E-state index contributed by atoms with van der Waals surface area (Å²) in [5.41, 5.74) is 1.21. The molecule has 0 spiro atoms. The number of benzene rings is 1. The third-order valence-electron chi connectivity index (χ3n) is 5.48. The molecule has 132 valence electrons. The average Bonchev–Trinajstić information content (AvgIpc) is 2.63. The van der Waals surface area contributed by atoms with Crippen LogP contribution in [0, 0.1) is 5.92 Å². The normalized spacial score (nSPS) is 25.5. The van der Waals surface area contributed by atoms with Gasteiger partial charge >= 0.3 is 6.03 Å². The number of piperidine rings is 1. The molecule has 2 fully saturated rings. The summed E-state index contributed by atoms with van der Waals surface area (Å²) in [6, 6.07) is 10.8. The summed E-state index contributed by atoms with van der Waals surface area (Å²) in [7, 11) is 0. The number of nitrogens with one attached hydrogen (secondary N) is 1. The summed E-state index contributed by atoms with van der Waals surface area (Å²) in [6.07, 6.45) is 7.04. The van der Waals surface area contributed by atoms with E-state index in [-0.39, 0.29) is 12.1 Å². The van der Waals surface area contributed by atoms with E-state index in [0.29, 0.717) is 18.6 Å². The fourth-order valence-corrected chi connectivity index (χ4v) is 3.79. The predicted molar refractivity (Wildman–Crippen MR) is 95.8 cm³/mol. The Balaban J connectivity index is 1.39. The zero-order valence-electron chi connectivity index (χ0n) is 14.7. The van der Waals surface area contributed by atoms with E-state index >= 15 is 0 Å². The number of carbonyl (C=O) groups is 1. The van der Waals surface area contributed by atoms with Gasteiger partial charge in [-0.1, -0.05) is 50.1 Å². The highest BCUT2D eigenvalue weighted by atomic mass is 16.5. The first kappa shape index (κ1) is 17.3. The summed E-state index contributed by atoms with van der Waals surface area (Å²) in [4.78, 5) is 14.4. The van der Waals surface area contributed by atoms with Gasteiger partial charge in [0, 0.05) is 19.1 Å². The number of amides is 2. The van der Waals surface area contributed by atoms with Gasteiger partial charge in [0.1, 0.15) is 0 Å². The minimum absolute atomic E-state index is 0.121. The minimum Gasteiger partial charge on any atom is -0.373 e. The van der Waals surface area contributed by atoms with Gasteiger partial charge in [0.15, 0.2) is 0 Å². The van der Waals surface area contributed by atoms with Gasteiger partial charge in [-0.2, -0.15) is 0 Å². The highest BCUT2D eigenvalue weighted by Crippen LogP contribution is 2.24. The van der Waals surface area contributed by atoms with Crippen LogP contribution in [0.2, 0.25) is 0 Å². The van der Waals surface area contributed by atoms with E-state index in [9.17, 15) is 4.79 Å². The van der Waals surface area contributed by atoms with Gasteiger partial charge in [-0.25, -0.2) is 4.79 Å². The third-order valence-corrected chi connectivity index (χ3v) is 5.48. The van der Waals surface area contributed by atoms with Crippen LogP contribution in [0.3, 0.4) is 0 Å². The molecule has 0 aromatic heterocycles. The molecule has 1 saturated carbocycles. The number of likely N-dealkylation sites (tertiary alicyclic amines) is 1. The largest absolute Gasteiger partial charge is 0.373 e. The molecule has 4 nitrogen and oxygen atoms in total. The Kier molecular flexibility index (Phi) is 6.13. The van der Waals surface area contributed by atoms with Crippen LogP contribution in [0.25, 0.3) is 0 Å². The quantitative estimate of drug-likeness (QED) is 0.908. The summed E-state index contributed by atoms with van der Waals surface area (Å²) in [6.45, 7) is 4.52. The molecule has 4 heteroatoms. The van der Waals surface area contributed by atoms with Crippen LogP contribution in [0.5, 0.6) is 0 Å². The molecule has 24 heavy (non-hydrogen) atoms. The van der Waals surface area contributed by atoms with Crippen molar-refractivity contribution >= 4 is 6.03 Å². The molecule has 1 aromatic rings. The zero-order chi connectivity index (χ0) is 16.8. The molecule has 0 unspecified atom stereocenters. The first-order chi connectivity index (χ1) is 11.7. The van der Waals surface area contributed by atoms with Gasteiger partial charge in [-0.05, 0) is 37.2 Å². The summed E-state index contributed by atoms with van der Waals surface area (Å²) in [5, 5.41) is 3.26. The van der Waals surface area contributed by atoms with Crippen molar-refractivity contribution in [3.8, 4) is 0 Å². The number of urea groups is 1. The smallest absolute Gasteiger partial charge is 0.317 e. The molecule has 2 amide bonds. The molecular formula is C20H30N2O2. The number of hydrogen-bond acceptors (Lipinski definition) is 2. The lowest BCUT2D eigenvalue weighted by Crippen LogP contribution is -2.50. The fourth-order valence-electron chi connectivity index (χ4n) is 3.79. The van der Waals surface area contributed by atoms with Crippen molar-refractivity contribution in [1.29, 1.82) is 0 Å². The molecule has 1 saturated heterocycles. The Hall–Kier alpha value is -1.55. The van der Waals surface area contributed by atoms with Crippen LogP contribution in [-0.4, -0.2) is 36.2 Å². The van der Waals surface area contributed by atoms with Gasteiger partial charge in [0.05, 0.1) is 12.7 Å². The predicted octanol–water partition coefficient (Wildman–Crippen LogP) is 3.96. The van der Waals surface area contributed by atoms with Crippen molar-refractivity contribution in [2.45, 2.75) is 64.2 Å². The van der Waals surface area contributed by atoms with Gasteiger partial charge in [0.2, 0.25) is 0 Å². The summed E-state index contributed by atoms with van der Waals surface area (Å²) < 4.78 is 6.01. The Labute approximate surface area is 145 Å². The Morgan fingerprint density at radius 2 is 1.83 bits per heavy atom. The number of nitrogens with zero attached hydrogens (tertiary/aromatic N) is 1. The number of rotatable bonds is 4. The van der Waals surface area contributed by atoms with Gasteiger partial charge in [-0.3, -0.25) is 0 Å². The van der Waals surface area contributed by atoms with Crippen LogP contribution in [-0.2, 0) is 11.3 Å². The molecule has 1 aromatic carbocycles. The fraction of sp³-hybridized carbons (Fsp3) is 0.650. The molecule has 1 heterocycles. The van der Waals surface area contributed by atoms with Gasteiger partial charge in [-0.15, -0.1) is 0 Å². The van der Waals surface area contributed by atoms with E-state index < -0.39 is 0 Å². The highest BCUT2D eigenvalue weighted by Gasteiger charge is 2.27. The third kappa shape index (κ3) is 4.73. The lowest BCUT2D eigenvalue weighted by atomic mass is 9.86. The van der Waals surface area contributed by atoms with E-state index in [1.165, 1.54) is 24.8 Å². The van der Waals surface area contributed by atoms with Crippen LogP contribution in [0.4, 0.5) is 4.79 Å². The van der Waals surface area contributed by atoms with Gasteiger partial charge < -0.3 is 15.0 Å². The van der Waals surface area contributed by atoms with E-state index in [4.69, 9.17) is 4.74 Å². The molecular weight excluding hydrogens is 300 g/mol. The SMILES string of the molecule is C[C@H]1CCCC[C@H]1NC(=O)N1CCC(OCc2ccccc2)CC1. The van der Waals surface area contributed by atoms with Crippen LogP contribution in [0.1, 0.15) is 51.0 Å². The molecule has 3 rings (SSSR count). The topological polar surface area (TPSA) is 41.6 Å². The van der Waals surface area contributed by atoms with E-state index in [2.05, 4.69) is 24.4 Å². The van der Waals surface area contributed by atoms with Crippen LogP contribution in [0.15, 0.2) is 30.3 Å². The second-order valence-corrected chi connectivity index (χ2v) is 7.30. The van der Waals surface area contributed by atoms with Gasteiger partial charge in [0.25, 0.3) is 0 Å². The van der Waals surface area contributed by atoms with Crippen molar-refractivity contribution in [1.82, 2.24) is 10.2 Å². The summed E-state index contributed by atoms with van der Waals surface area (Å²) >= 11 is 0. The standard InChI is InChI=1S/C20H30N2O2/c1-16-7-5-6-10-19(16)21-20(23)22-13-11-18(12-14-22)24-15-17-8-3-2-4-9-17/h2-4,8-9,16,18-19H,5-7,10-15H2,1H3,(H,21,23)/t16-,19+/m0/s1. The number of carbonyl (C=O) groups excluding carboxylic acids is 1. The lowest BCUT2D eigenvalue weighted by molar-refractivity contribution is 0.00407. The van der Waals surface area contributed by atoms with Crippen molar-refractivity contribution in [2.24, 2.45) is 5.92 Å². The Bertz CT molecular complexity index is 512. The second-order valence-electron chi connectivity index (χ2n) is 7.30. The highest BCUT2D eigenvalue weighted by molar-refractivity contribution is 5.74. The first-order valence-electron chi connectivity index (χ1n) is 9.43. The van der Waals surface area contributed by atoms with Crippen LogP contribution >= 0.6 is 0 Å². The minimum atomic E-state index is 0.121. The monoisotopic (exact) mass is 330 g/mol. The second kappa shape index (κ2) is 8.52. The molecule has 1 N–H and O–H groups in total. The number of hydrogen-bond donors (Lipinski definition) is 1. The van der Waals surface area contributed by atoms with Crippen molar-refractivity contribution in [3.05, 3.63) is 35.9 Å². The molecule has 2 atom stereocenters. The molecule has 2 aliphatic rings. The maximum atomic E-state index is 12.5. The maximum absolute atomic E-state index is 12.5. The van der Waals surface area contributed by atoms with Crippen molar-refractivity contribution < 1.29 is 9.53 Å². The molecule has 0 radical (unpaired) electrons. The Morgan fingerprint density at radius 3 is 2.54 bits per heavy atom. The zero-order valence-corrected chi connectivity index (χ0v) is 14.7.